The maximum Gasteiger partial charge on any atom is 0.224 e. The molecule has 1 N–H and O–H groups in total. The predicted molar refractivity (Wildman–Crippen MR) is 85.5 cm³/mol. The van der Waals surface area contributed by atoms with Crippen LogP contribution in [0.15, 0.2) is 18.2 Å². The number of hydrogen-bond acceptors (Lipinski definition) is 1. The van der Waals surface area contributed by atoms with Crippen molar-refractivity contribution in [3.8, 4) is 0 Å². The lowest BCUT2D eigenvalue weighted by atomic mass is 9.84. The number of rotatable bonds is 3. The Bertz CT molecular complexity index is 570. The molecule has 2 saturated carbocycles. The molecule has 0 spiro atoms. The molecule has 0 saturated heterocycles. The molecule has 1 aromatic carbocycles. The monoisotopic (exact) mass is 303 g/mol. The maximum atomic E-state index is 11.4. The largest absolute Gasteiger partial charge is 0.326 e. The van der Waals surface area contributed by atoms with Gasteiger partial charge in [-0.15, -0.1) is 11.6 Å². The van der Waals surface area contributed by atoms with Crippen LogP contribution in [0.2, 0.25) is 0 Å². The van der Waals surface area contributed by atoms with Crippen LogP contribution in [0, 0.1) is 17.8 Å². The molecule has 2 fully saturated rings. The van der Waals surface area contributed by atoms with E-state index in [1.165, 1.54) is 36.8 Å². The topological polar surface area (TPSA) is 29.1 Å². The summed E-state index contributed by atoms with van der Waals surface area (Å²) < 4.78 is 0. The van der Waals surface area contributed by atoms with Crippen LogP contribution in [-0.2, 0) is 11.2 Å². The lowest BCUT2D eigenvalue weighted by Crippen LogP contribution is -2.19. The van der Waals surface area contributed by atoms with Gasteiger partial charge in [-0.25, -0.2) is 0 Å². The van der Waals surface area contributed by atoms with Gasteiger partial charge in [0.05, 0.1) is 5.38 Å². The summed E-state index contributed by atoms with van der Waals surface area (Å²) in [5.74, 6) is 2.89. The molecule has 112 valence electrons. The van der Waals surface area contributed by atoms with Crippen molar-refractivity contribution in [2.45, 2.75) is 50.3 Å². The number of fused-ring (bicyclic) bond motifs is 3. The van der Waals surface area contributed by atoms with Crippen LogP contribution in [0.3, 0.4) is 0 Å². The molecule has 2 nitrogen and oxygen atoms in total. The molecule has 0 aromatic heterocycles. The first-order valence-electron chi connectivity index (χ1n) is 8.26. The number of carbonyl (C=O) groups excluding carboxylic acids is 1. The molecular formula is C18H22ClNO. The SMILES string of the molecule is O=C1CCc2cc(C(Cl)CC3CC4CCC3C4)ccc2N1. The fourth-order valence-electron chi connectivity index (χ4n) is 4.67. The quantitative estimate of drug-likeness (QED) is 0.807. The maximum absolute atomic E-state index is 11.4. The summed E-state index contributed by atoms with van der Waals surface area (Å²) in [7, 11) is 0. The second-order valence-electron chi connectivity index (χ2n) is 7.10. The van der Waals surface area contributed by atoms with E-state index < -0.39 is 0 Å². The van der Waals surface area contributed by atoms with Crippen LogP contribution >= 0.6 is 11.6 Å². The average molecular weight is 304 g/mol. The highest BCUT2D eigenvalue weighted by Gasteiger charge is 2.40. The van der Waals surface area contributed by atoms with Crippen molar-refractivity contribution in [1.82, 2.24) is 0 Å². The Morgan fingerprint density at radius 1 is 1.24 bits per heavy atom. The Morgan fingerprint density at radius 2 is 2.14 bits per heavy atom. The van der Waals surface area contributed by atoms with Gasteiger partial charge in [0.25, 0.3) is 0 Å². The summed E-state index contributed by atoms with van der Waals surface area (Å²) in [5, 5.41) is 3.06. The Morgan fingerprint density at radius 3 is 2.90 bits per heavy atom. The van der Waals surface area contributed by atoms with Gasteiger partial charge < -0.3 is 5.32 Å². The zero-order chi connectivity index (χ0) is 14.4. The van der Waals surface area contributed by atoms with Crippen LogP contribution in [0.1, 0.15) is 55.0 Å². The number of aryl methyl sites for hydroxylation is 1. The van der Waals surface area contributed by atoms with Crippen LogP contribution in [-0.4, -0.2) is 5.91 Å². The van der Waals surface area contributed by atoms with Gasteiger partial charge in [-0.05, 0) is 67.1 Å². The van der Waals surface area contributed by atoms with Crippen molar-refractivity contribution in [3.63, 3.8) is 0 Å². The molecular weight excluding hydrogens is 282 g/mol. The molecule has 3 heteroatoms. The molecule has 4 atom stereocenters. The second kappa shape index (κ2) is 5.31. The van der Waals surface area contributed by atoms with Crippen molar-refractivity contribution >= 4 is 23.2 Å². The minimum absolute atomic E-state index is 0.122. The van der Waals surface area contributed by atoms with Gasteiger partial charge in [-0.3, -0.25) is 4.79 Å². The van der Waals surface area contributed by atoms with Crippen LogP contribution in [0.4, 0.5) is 5.69 Å². The fourth-order valence-corrected chi connectivity index (χ4v) is 5.03. The zero-order valence-corrected chi connectivity index (χ0v) is 13.0. The highest BCUT2D eigenvalue weighted by Crippen LogP contribution is 2.51. The van der Waals surface area contributed by atoms with Gasteiger partial charge >= 0.3 is 0 Å². The third-order valence-electron chi connectivity index (χ3n) is 5.78. The minimum Gasteiger partial charge on any atom is -0.326 e. The predicted octanol–water partition coefficient (Wildman–Crippen LogP) is 4.68. The number of carbonyl (C=O) groups is 1. The lowest BCUT2D eigenvalue weighted by molar-refractivity contribution is -0.116. The normalized spacial score (nSPS) is 31.9. The summed E-state index contributed by atoms with van der Waals surface area (Å²) in [4.78, 5) is 11.4. The highest BCUT2D eigenvalue weighted by molar-refractivity contribution is 6.20. The first-order valence-corrected chi connectivity index (χ1v) is 8.69. The van der Waals surface area contributed by atoms with Gasteiger partial charge in [-0.2, -0.15) is 0 Å². The van der Waals surface area contributed by atoms with E-state index in [-0.39, 0.29) is 11.3 Å². The average Bonchev–Trinajstić information content (AvgIpc) is 3.09. The molecule has 1 amide bonds. The number of nitrogens with one attached hydrogen (secondary N) is 1. The van der Waals surface area contributed by atoms with Crippen molar-refractivity contribution in [3.05, 3.63) is 29.3 Å². The van der Waals surface area contributed by atoms with Gasteiger partial charge in [-0.1, -0.05) is 18.6 Å². The molecule has 21 heavy (non-hydrogen) atoms. The number of alkyl halides is 1. The Balaban J connectivity index is 1.47. The van der Waals surface area contributed by atoms with Gasteiger partial charge in [0.2, 0.25) is 5.91 Å². The molecule has 1 aromatic rings. The summed E-state index contributed by atoms with van der Waals surface area (Å²) in [6.45, 7) is 0. The summed E-state index contributed by atoms with van der Waals surface area (Å²) in [6.07, 6.45) is 8.28. The first-order chi connectivity index (χ1) is 10.2. The summed E-state index contributed by atoms with van der Waals surface area (Å²) >= 11 is 6.71. The second-order valence-corrected chi connectivity index (χ2v) is 7.63. The van der Waals surface area contributed by atoms with Crippen LogP contribution < -0.4 is 5.32 Å². The van der Waals surface area contributed by atoms with Crippen LogP contribution in [0.25, 0.3) is 0 Å². The van der Waals surface area contributed by atoms with Crippen molar-refractivity contribution < 1.29 is 4.79 Å². The van der Waals surface area contributed by atoms with Gasteiger partial charge in [0, 0.05) is 12.1 Å². The van der Waals surface area contributed by atoms with E-state index in [9.17, 15) is 4.79 Å². The van der Waals surface area contributed by atoms with Crippen molar-refractivity contribution in [2.75, 3.05) is 5.32 Å². The molecule has 1 heterocycles. The van der Waals surface area contributed by atoms with E-state index in [1.54, 1.807) is 0 Å². The third-order valence-corrected chi connectivity index (χ3v) is 6.21. The molecule has 4 rings (SSSR count). The van der Waals surface area contributed by atoms with E-state index in [4.69, 9.17) is 11.6 Å². The number of halogens is 1. The molecule has 2 aliphatic carbocycles. The van der Waals surface area contributed by atoms with Gasteiger partial charge in [0.15, 0.2) is 0 Å². The van der Waals surface area contributed by atoms with E-state index in [0.717, 1.165) is 36.3 Å². The number of hydrogen-bond donors (Lipinski definition) is 1. The molecule has 0 radical (unpaired) electrons. The van der Waals surface area contributed by atoms with E-state index in [0.29, 0.717) is 6.42 Å². The first kappa shape index (κ1) is 13.6. The number of amides is 1. The highest BCUT2D eigenvalue weighted by atomic mass is 35.5. The summed E-state index contributed by atoms with van der Waals surface area (Å²) in [6, 6.07) is 6.33. The van der Waals surface area contributed by atoms with E-state index >= 15 is 0 Å². The number of benzene rings is 1. The third kappa shape index (κ3) is 2.59. The Labute approximate surface area is 131 Å². The zero-order valence-electron chi connectivity index (χ0n) is 12.3. The molecule has 2 bridgehead atoms. The smallest absolute Gasteiger partial charge is 0.224 e. The van der Waals surface area contributed by atoms with Crippen molar-refractivity contribution in [2.24, 2.45) is 17.8 Å². The lowest BCUT2D eigenvalue weighted by Gasteiger charge is -2.25. The van der Waals surface area contributed by atoms with Crippen LogP contribution in [0.5, 0.6) is 0 Å². The molecule has 4 unspecified atom stereocenters. The minimum atomic E-state index is 0.122. The van der Waals surface area contributed by atoms with E-state index in [2.05, 4.69) is 17.4 Å². The fraction of sp³-hybridized carbons (Fsp3) is 0.611. The van der Waals surface area contributed by atoms with Gasteiger partial charge in [0.1, 0.15) is 0 Å². The van der Waals surface area contributed by atoms with Crippen molar-refractivity contribution in [1.29, 1.82) is 0 Å². The molecule has 3 aliphatic rings. The Kier molecular flexibility index (Phi) is 3.45. The van der Waals surface area contributed by atoms with E-state index in [1.807, 2.05) is 6.07 Å². The standard InChI is InChI=1S/C18H22ClNO/c19-16(10-15-8-11-1-2-12(15)7-11)13-3-5-17-14(9-13)4-6-18(21)20-17/h3,5,9,11-12,15-16H,1-2,4,6-8,10H2,(H,20,21). The molecule has 1 aliphatic heterocycles. The Hall–Kier alpha value is -1.02. The summed E-state index contributed by atoms with van der Waals surface area (Å²) in [5.41, 5.74) is 3.44. The number of anilines is 1.